The Kier molecular flexibility index (Phi) is 5.77. The second kappa shape index (κ2) is 8.02. The monoisotopic (exact) mass is 303 g/mol. The van der Waals surface area contributed by atoms with E-state index in [0.717, 1.165) is 0 Å². The molecule has 5 heteroatoms. The number of rotatable bonds is 7. The molecule has 0 fully saturated rings. The SMILES string of the molecule is CCOc1ccccc1NC(=O)CCOc1ccccc1F. The summed E-state index contributed by atoms with van der Waals surface area (Å²) >= 11 is 0. The third-order valence-corrected chi connectivity index (χ3v) is 2.88. The molecule has 1 amide bonds. The maximum atomic E-state index is 13.4. The standard InChI is InChI=1S/C17H18FNO3/c1-2-21-16-10-6-4-8-14(16)19-17(20)11-12-22-15-9-5-3-7-13(15)18/h3-10H,2,11-12H2,1H3,(H,19,20). The van der Waals surface area contributed by atoms with E-state index in [1.807, 2.05) is 19.1 Å². The first-order valence-corrected chi connectivity index (χ1v) is 7.09. The number of hydrogen-bond donors (Lipinski definition) is 1. The highest BCUT2D eigenvalue weighted by Crippen LogP contribution is 2.23. The van der Waals surface area contributed by atoms with Crippen molar-refractivity contribution >= 4 is 11.6 Å². The van der Waals surface area contributed by atoms with Crippen molar-refractivity contribution in [2.24, 2.45) is 0 Å². The predicted octanol–water partition coefficient (Wildman–Crippen LogP) is 3.63. The van der Waals surface area contributed by atoms with Crippen LogP contribution in [0.15, 0.2) is 48.5 Å². The Balaban J connectivity index is 1.85. The Morgan fingerprint density at radius 3 is 2.45 bits per heavy atom. The van der Waals surface area contributed by atoms with Crippen LogP contribution in [0.25, 0.3) is 0 Å². The van der Waals surface area contributed by atoms with Gasteiger partial charge in [-0.2, -0.15) is 0 Å². The molecule has 22 heavy (non-hydrogen) atoms. The van der Waals surface area contributed by atoms with E-state index in [2.05, 4.69) is 5.32 Å². The number of benzene rings is 2. The second-order valence-corrected chi connectivity index (χ2v) is 4.51. The summed E-state index contributed by atoms with van der Waals surface area (Å²) in [6, 6.07) is 13.3. The zero-order chi connectivity index (χ0) is 15.8. The highest BCUT2D eigenvalue weighted by molar-refractivity contribution is 5.92. The van der Waals surface area contributed by atoms with Crippen LogP contribution in [-0.2, 0) is 4.79 Å². The van der Waals surface area contributed by atoms with E-state index < -0.39 is 5.82 Å². The largest absolute Gasteiger partial charge is 0.492 e. The van der Waals surface area contributed by atoms with E-state index in [1.54, 1.807) is 24.3 Å². The summed E-state index contributed by atoms with van der Waals surface area (Å²) in [6.45, 7) is 2.49. The zero-order valence-corrected chi connectivity index (χ0v) is 12.3. The summed E-state index contributed by atoms with van der Waals surface area (Å²) in [7, 11) is 0. The number of para-hydroxylation sites is 3. The minimum Gasteiger partial charge on any atom is -0.492 e. The van der Waals surface area contributed by atoms with Crippen molar-refractivity contribution in [3.05, 3.63) is 54.3 Å². The summed E-state index contributed by atoms with van der Waals surface area (Å²) in [4.78, 5) is 11.9. The molecule has 0 atom stereocenters. The fourth-order valence-electron chi connectivity index (χ4n) is 1.88. The van der Waals surface area contributed by atoms with Gasteiger partial charge in [0.2, 0.25) is 5.91 Å². The highest BCUT2D eigenvalue weighted by atomic mass is 19.1. The van der Waals surface area contributed by atoms with Crippen molar-refractivity contribution in [1.29, 1.82) is 0 Å². The molecule has 2 aromatic rings. The smallest absolute Gasteiger partial charge is 0.227 e. The van der Waals surface area contributed by atoms with E-state index in [4.69, 9.17) is 9.47 Å². The minimum atomic E-state index is -0.440. The molecule has 0 aliphatic rings. The minimum absolute atomic E-state index is 0.101. The molecule has 0 aliphatic heterocycles. The average molecular weight is 303 g/mol. The number of carbonyl (C=O) groups is 1. The van der Waals surface area contributed by atoms with Crippen molar-refractivity contribution in [3.63, 3.8) is 0 Å². The maximum absolute atomic E-state index is 13.4. The van der Waals surface area contributed by atoms with Gasteiger partial charge in [0.1, 0.15) is 5.75 Å². The highest BCUT2D eigenvalue weighted by Gasteiger charge is 2.08. The lowest BCUT2D eigenvalue weighted by Gasteiger charge is -2.11. The van der Waals surface area contributed by atoms with Crippen molar-refractivity contribution < 1.29 is 18.7 Å². The van der Waals surface area contributed by atoms with Crippen LogP contribution in [0.4, 0.5) is 10.1 Å². The molecule has 1 N–H and O–H groups in total. The number of halogens is 1. The number of carbonyl (C=O) groups excluding carboxylic acids is 1. The first-order valence-electron chi connectivity index (χ1n) is 7.09. The molecule has 0 bridgehead atoms. The quantitative estimate of drug-likeness (QED) is 0.849. The van der Waals surface area contributed by atoms with Crippen molar-refractivity contribution in [2.45, 2.75) is 13.3 Å². The van der Waals surface area contributed by atoms with Crippen molar-refractivity contribution in [3.8, 4) is 11.5 Å². The van der Waals surface area contributed by atoms with Crippen LogP contribution in [0, 0.1) is 5.82 Å². The predicted molar refractivity (Wildman–Crippen MR) is 82.8 cm³/mol. The number of nitrogens with one attached hydrogen (secondary N) is 1. The van der Waals surface area contributed by atoms with Gasteiger partial charge in [-0.1, -0.05) is 24.3 Å². The van der Waals surface area contributed by atoms with Crippen LogP contribution in [0.1, 0.15) is 13.3 Å². The van der Waals surface area contributed by atoms with Crippen LogP contribution in [0.3, 0.4) is 0 Å². The molecule has 2 rings (SSSR count). The molecule has 0 heterocycles. The average Bonchev–Trinajstić information content (AvgIpc) is 2.51. The van der Waals surface area contributed by atoms with Crippen LogP contribution in [-0.4, -0.2) is 19.1 Å². The first-order chi connectivity index (χ1) is 10.7. The number of hydrogen-bond acceptors (Lipinski definition) is 3. The molecule has 0 aromatic heterocycles. The van der Waals surface area contributed by atoms with Gasteiger partial charge < -0.3 is 14.8 Å². The van der Waals surface area contributed by atoms with E-state index >= 15 is 0 Å². The fourth-order valence-corrected chi connectivity index (χ4v) is 1.88. The summed E-state index contributed by atoms with van der Waals surface area (Å²) < 4.78 is 24.0. The molecular formula is C17H18FNO3. The second-order valence-electron chi connectivity index (χ2n) is 4.51. The van der Waals surface area contributed by atoms with Gasteiger partial charge in [-0.15, -0.1) is 0 Å². The van der Waals surface area contributed by atoms with Gasteiger partial charge in [0.25, 0.3) is 0 Å². The van der Waals surface area contributed by atoms with E-state index in [9.17, 15) is 9.18 Å². The Morgan fingerprint density at radius 1 is 1.05 bits per heavy atom. The summed E-state index contributed by atoms with van der Waals surface area (Å²) in [5.41, 5.74) is 0.611. The van der Waals surface area contributed by atoms with Crippen LogP contribution in [0.5, 0.6) is 11.5 Å². The van der Waals surface area contributed by atoms with E-state index in [0.29, 0.717) is 18.0 Å². The summed E-state index contributed by atoms with van der Waals surface area (Å²) in [5.74, 6) is 0.103. The van der Waals surface area contributed by atoms with Gasteiger partial charge in [-0.25, -0.2) is 4.39 Å². The lowest BCUT2D eigenvalue weighted by Crippen LogP contribution is -2.16. The first kappa shape index (κ1) is 15.8. The van der Waals surface area contributed by atoms with Gasteiger partial charge >= 0.3 is 0 Å². The summed E-state index contributed by atoms with van der Waals surface area (Å²) in [5, 5.41) is 2.76. The molecule has 0 aliphatic carbocycles. The molecule has 0 unspecified atom stereocenters. The molecule has 116 valence electrons. The number of amides is 1. The maximum Gasteiger partial charge on any atom is 0.227 e. The normalized spacial score (nSPS) is 10.1. The lowest BCUT2D eigenvalue weighted by atomic mass is 10.3. The molecule has 0 saturated carbocycles. The Labute approximate surface area is 128 Å². The third-order valence-electron chi connectivity index (χ3n) is 2.88. The Hall–Kier alpha value is -2.56. The van der Waals surface area contributed by atoms with Gasteiger partial charge in [0.15, 0.2) is 11.6 Å². The van der Waals surface area contributed by atoms with Crippen LogP contribution in [0.2, 0.25) is 0 Å². The number of anilines is 1. The fraction of sp³-hybridized carbons (Fsp3) is 0.235. The van der Waals surface area contributed by atoms with Gasteiger partial charge in [0.05, 0.1) is 25.3 Å². The van der Waals surface area contributed by atoms with Crippen LogP contribution >= 0.6 is 0 Å². The van der Waals surface area contributed by atoms with E-state index in [1.165, 1.54) is 12.1 Å². The summed E-state index contributed by atoms with van der Waals surface area (Å²) in [6.07, 6.45) is 0.120. The Bertz CT molecular complexity index is 631. The van der Waals surface area contributed by atoms with E-state index in [-0.39, 0.29) is 24.7 Å². The zero-order valence-electron chi connectivity index (χ0n) is 12.3. The molecule has 0 saturated heterocycles. The molecule has 0 radical (unpaired) electrons. The van der Waals surface area contributed by atoms with Gasteiger partial charge in [-0.05, 0) is 31.2 Å². The Morgan fingerprint density at radius 2 is 1.73 bits per heavy atom. The third kappa shape index (κ3) is 4.48. The molecular weight excluding hydrogens is 285 g/mol. The molecule has 2 aromatic carbocycles. The van der Waals surface area contributed by atoms with Crippen LogP contribution < -0.4 is 14.8 Å². The van der Waals surface area contributed by atoms with Gasteiger partial charge in [0, 0.05) is 0 Å². The van der Waals surface area contributed by atoms with Crippen molar-refractivity contribution in [2.75, 3.05) is 18.5 Å². The molecule has 0 spiro atoms. The molecule has 4 nitrogen and oxygen atoms in total. The van der Waals surface area contributed by atoms with Gasteiger partial charge in [-0.3, -0.25) is 4.79 Å². The lowest BCUT2D eigenvalue weighted by molar-refractivity contribution is -0.116. The van der Waals surface area contributed by atoms with Crippen molar-refractivity contribution in [1.82, 2.24) is 0 Å². The number of ether oxygens (including phenoxy) is 2. The topological polar surface area (TPSA) is 47.6 Å².